The summed E-state index contributed by atoms with van der Waals surface area (Å²) in [5.74, 6) is -0.471. The van der Waals surface area contributed by atoms with Gasteiger partial charge in [-0.25, -0.2) is 0 Å². The van der Waals surface area contributed by atoms with Gasteiger partial charge in [0.05, 0.1) is 23.8 Å². The molecule has 2 fully saturated rings. The minimum atomic E-state index is -4.52. The van der Waals surface area contributed by atoms with Gasteiger partial charge in [0.25, 0.3) is 5.91 Å². The second kappa shape index (κ2) is 8.98. The minimum absolute atomic E-state index is 0.0658. The first-order valence-electron chi connectivity index (χ1n) is 10.8. The Labute approximate surface area is 190 Å². The number of nitrogens with one attached hydrogen (secondary N) is 1. The lowest BCUT2D eigenvalue weighted by molar-refractivity contribution is -0.137. The summed E-state index contributed by atoms with van der Waals surface area (Å²) < 4.78 is 45.4. The van der Waals surface area contributed by atoms with E-state index in [0.717, 1.165) is 68.2 Å². The Morgan fingerprint density at radius 1 is 1.19 bits per heavy atom. The van der Waals surface area contributed by atoms with Crippen molar-refractivity contribution in [3.63, 3.8) is 0 Å². The van der Waals surface area contributed by atoms with Crippen LogP contribution in [0.5, 0.6) is 5.75 Å². The van der Waals surface area contributed by atoms with Crippen LogP contribution in [0.3, 0.4) is 0 Å². The summed E-state index contributed by atoms with van der Waals surface area (Å²) in [6.45, 7) is 1.99. The predicted molar refractivity (Wildman–Crippen MR) is 119 cm³/mol. The fourth-order valence-electron chi connectivity index (χ4n) is 5.23. The fourth-order valence-corrected chi connectivity index (χ4v) is 5.88. The van der Waals surface area contributed by atoms with Crippen molar-refractivity contribution in [3.8, 4) is 5.75 Å². The number of amides is 1. The summed E-state index contributed by atoms with van der Waals surface area (Å²) in [7, 11) is 1.29. The number of rotatable bonds is 5. The number of thioether (sulfide) groups is 1. The van der Waals surface area contributed by atoms with Crippen LogP contribution in [0.4, 0.5) is 13.2 Å². The van der Waals surface area contributed by atoms with Crippen molar-refractivity contribution in [1.29, 1.82) is 0 Å². The van der Waals surface area contributed by atoms with Gasteiger partial charge in [-0.3, -0.25) is 9.69 Å². The highest BCUT2D eigenvalue weighted by atomic mass is 32.2. The highest BCUT2D eigenvalue weighted by Gasteiger charge is 2.49. The van der Waals surface area contributed by atoms with Crippen LogP contribution in [-0.2, 0) is 11.7 Å². The molecule has 0 saturated carbocycles. The van der Waals surface area contributed by atoms with E-state index in [2.05, 4.69) is 10.2 Å². The number of fused-ring (bicyclic) bond motifs is 1. The molecule has 2 heterocycles. The molecule has 1 N–H and O–H groups in total. The molecule has 4 nitrogen and oxygen atoms in total. The smallest absolute Gasteiger partial charge is 0.416 e. The van der Waals surface area contributed by atoms with Crippen LogP contribution in [0.15, 0.2) is 47.4 Å². The number of alkyl halides is 3. The van der Waals surface area contributed by atoms with E-state index >= 15 is 0 Å². The van der Waals surface area contributed by atoms with Crippen LogP contribution in [0.1, 0.15) is 47.2 Å². The first-order valence-corrected chi connectivity index (χ1v) is 12.0. The summed E-state index contributed by atoms with van der Waals surface area (Å²) >= 11 is 1.11. The maximum absolute atomic E-state index is 13.7. The van der Waals surface area contributed by atoms with Gasteiger partial charge >= 0.3 is 6.18 Å². The van der Waals surface area contributed by atoms with Crippen molar-refractivity contribution in [3.05, 3.63) is 59.2 Å². The topological polar surface area (TPSA) is 41.6 Å². The number of piperidine rings is 1. The summed E-state index contributed by atoms with van der Waals surface area (Å²) in [6.07, 6.45) is 0.889. The molecule has 2 aliphatic heterocycles. The Balaban J connectivity index is 1.78. The lowest BCUT2D eigenvalue weighted by atomic mass is 9.75. The number of ether oxygens (including phenoxy) is 1. The molecule has 172 valence electrons. The van der Waals surface area contributed by atoms with E-state index in [1.165, 1.54) is 7.11 Å². The van der Waals surface area contributed by atoms with Crippen LogP contribution in [0.2, 0.25) is 0 Å². The van der Waals surface area contributed by atoms with Crippen molar-refractivity contribution in [2.75, 3.05) is 26.5 Å². The van der Waals surface area contributed by atoms with E-state index in [1.807, 2.05) is 30.3 Å². The van der Waals surface area contributed by atoms with Crippen LogP contribution in [-0.4, -0.2) is 43.3 Å². The number of carbonyl (C=O) groups is 1. The number of methoxy groups -OCH3 is 1. The molecule has 8 heteroatoms. The van der Waals surface area contributed by atoms with Crippen molar-refractivity contribution in [2.24, 2.45) is 0 Å². The Morgan fingerprint density at radius 3 is 2.56 bits per heavy atom. The molecule has 0 spiro atoms. The van der Waals surface area contributed by atoms with Crippen LogP contribution in [0, 0.1) is 0 Å². The van der Waals surface area contributed by atoms with Gasteiger partial charge in [0, 0.05) is 10.9 Å². The molecular formula is C24H27F3N2O2S. The van der Waals surface area contributed by atoms with E-state index in [1.54, 1.807) is 6.26 Å². The number of halogens is 3. The van der Waals surface area contributed by atoms with E-state index in [4.69, 9.17) is 4.74 Å². The summed E-state index contributed by atoms with van der Waals surface area (Å²) in [6, 6.07) is 12.0. The molecule has 0 bridgehead atoms. The molecule has 2 atom stereocenters. The average molecular weight is 465 g/mol. The van der Waals surface area contributed by atoms with Gasteiger partial charge in [0.2, 0.25) is 0 Å². The molecule has 2 aromatic carbocycles. The summed E-state index contributed by atoms with van der Waals surface area (Å²) in [5.41, 5.74) is -0.246. The Kier molecular flexibility index (Phi) is 6.45. The Morgan fingerprint density at radius 2 is 1.91 bits per heavy atom. The first-order chi connectivity index (χ1) is 15.3. The zero-order chi connectivity index (χ0) is 22.9. The second-order valence-electron chi connectivity index (χ2n) is 8.34. The zero-order valence-electron chi connectivity index (χ0n) is 18.2. The molecule has 0 radical (unpaired) electrons. The van der Waals surface area contributed by atoms with Crippen LogP contribution >= 0.6 is 11.8 Å². The van der Waals surface area contributed by atoms with Gasteiger partial charge in [0.1, 0.15) is 5.75 Å². The van der Waals surface area contributed by atoms with Crippen molar-refractivity contribution in [2.45, 2.75) is 48.3 Å². The van der Waals surface area contributed by atoms with E-state index < -0.39 is 23.2 Å². The number of benzene rings is 2. The second-order valence-corrected chi connectivity index (χ2v) is 9.19. The average Bonchev–Trinajstić information content (AvgIpc) is 3.28. The Hall–Kier alpha value is -2.19. The highest BCUT2D eigenvalue weighted by molar-refractivity contribution is 7.98. The summed E-state index contributed by atoms with van der Waals surface area (Å²) in [5, 5.41) is 3.29. The largest absolute Gasteiger partial charge is 0.496 e. The standard InChI is InChI=1S/C24H27F3N2O2S/c1-31-18-14-17(24(25,26)27)15-19(32-2)21(18)22(30)28-23(16-8-4-3-5-9-16)11-7-13-29-12-6-10-20(23)29/h3-5,8-9,14-15,20H,6-7,10-13H2,1-2H3,(H,28,30). The van der Waals surface area contributed by atoms with E-state index in [9.17, 15) is 18.0 Å². The van der Waals surface area contributed by atoms with Crippen LogP contribution < -0.4 is 10.1 Å². The monoisotopic (exact) mass is 464 g/mol. The molecule has 2 unspecified atom stereocenters. The predicted octanol–water partition coefficient (Wildman–Crippen LogP) is 5.32. The SMILES string of the molecule is COc1cc(C(F)(F)F)cc(SC)c1C(=O)NC1(c2ccccc2)CCCN2CCCC21. The van der Waals surface area contributed by atoms with Crippen molar-refractivity contribution in [1.82, 2.24) is 10.2 Å². The number of nitrogens with zero attached hydrogens (tertiary/aromatic N) is 1. The van der Waals surface area contributed by atoms with Crippen molar-refractivity contribution < 1.29 is 22.7 Å². The zero-order valence-corrected chi connectivity index (χ0v) is 19.0. The minimum Gasteiger partial charge on any atom is -0.496 e. The maximum atomic E-state index is 13.7. The van der Waals surface area contributed by atoms with Gasteiger partial charge in [-0.1, -0.05) is 30.3 Å². The van der Waals surface area contributed by atoms with Crippen molar-refractivity contribution >= 4 is 17.7 Å². The number of hydrogen-bond donors (Lipinski definition) is 1. The quantitative estimate of drug-likeness (QED) is 0.609. The normalized spacial score (nSPS) is 23.6. The molecule has 0 aliphatic carbocycles. The fraction of sp³-hybridized carbons (Fsp3) is 0.458. The van der Waals surface area contributed by atoms with E-state index in [0.29, 0.717) is 0 Å². The molecule has 32 heavy (non-hydrogen) atoms. The summed E-state index contributed by atoms with van der Waals surface area (Å²) in [4.78, 5) is 16.4. The molecule has 0 aromatic heterocycles. The molecule has 2 aliphatic rings. The lowest BCUT2D eigenvalue weighted by Crippen LogP contribution is -2.61. The number of hydrogen-bond acceptors (Lipinski definition) is 4. The molecule has 2 aromatic rings. The van der Waals surface area contributed by atoms with E-state index in [-0.39, 0.29) is 22.3 Å². The van der Waals surface area contributed by atoms with Gasteiger partial charge in [-0.2, -0.15) is 13.2 Å². The third-order valence-electron chi connectivity index (χ3n) is 6.63. The highest BCUT2D eigenvalue weighted by Crippen LogP contribution is 2.43. The number of carbonyl (C=O) groups excluding carboxylic acids is 1. The van der Waals surface area contributed by atoms with Gasteiger partial charge in [-0.05, 0) is 62.7 Å². The van der Waals surface area contributed by atoms with Crippen LogP contribution in [0.25, 0.3) is 0 Å². The third-order valence-corrected chi connectivity index (χ3v) is 7.40. The molecule has 1 amide bonds. The maximum Gasteiger partial charge on any atom is 0.416 e. The Bertz CT molecular complexity index is 958. The molecular weight excluding hydrogens is 437 g/mol. The van der Waals surface area contributed by atoms with Gasteiger partial charge < -0.3 is 10.1 Å². The lowest BCUT2D eigenvalue weighted by Gasteiger charge is -2.48. The molecule has 2 saturated heterocycles. The van der Waals surface area contributed by atoms with Gasteiger partial charge in [-0.15, -0.1) is 11.8 Å². The molecule has 4 rings (SSSR count). The third kappa shape index (κ3) is 4.10. The van der Waals surface area contributed by atoms with Gasteiger partial charge in [0.15, 0.2) is 0 Å². The first kappa shape index (κ1) is 23.0.